The van der Waals surface area contributed by atoms with Crippen LogP contribution in [0.3, 0.4) is 0 Å². The summed E-state index contributed by atoms with van der Waals surface area (Å²) < 4.78 is 5.52. The van der Waals surface area contributed by atoms with Crippen molar-refractivity contribution in [3.05, 3.63) is 54.1 Å². The molecule has 2 aromatic carbocycles. The van der Waals surface area contributed by atoms with Crippen LogP contribution in [0.4, 0.5) is 0 Å². The van der Waals surface area contributed by atoms with E-state index in [4.69, 9.17) is 10.5 Å². The van der Waals surface area contributed by atoms with Crippen LogP contribution in [-0.2, 0) is 0 Å². The summed E-state index contributed by atoms with van der Waals surface area (Å²) in [4.78, 5) is 0. The number of ether oxygens (including phenoxy) is 1. The van der Waals surface area contributed by atoms with Crippen LogP contribution in [0.1, 0.15) is 25.5 Å². The molecule has 0 aliphatic heterocycles. The van der Waals surface area contributed by atoms with Crippen molar-refractivity contribution in [2.45, 2.75) is 19.9 Å². The lowest BCUT2D eigenvalue weighted by molar-refractivity contribution is 0.340. The second kappa shape index (κ2) is 5.69. The van der Waals surface area contributed by atoms with Gasteiger partial charge in [-0.25, -0.2) is 0 Å². The SMILES string of the molecule is CCOc1cccc(-c2cccc([C@H](C)N)c2)c1. The summed E-state index contributed by atoms with van der Waals surface area (Å²) in [5.41, 5.74) is 9.39. The van der Waals surface area contributed by atoms with Gasteiger partial charge in [-0.05, 0) is 48.7 Å². The van der Waals surface area contributed by atoms with Crippen molar-refractivity contribution >= 4 is 0 Å². The average molecular weight is 241 g/mol. The highest BCUT2D eigenvalue weighted by Crippen LogP contribution is 2.25. The zero-order valence-electron chi connectivity index (χ0n) is 10.9. The third kappa shape index (κ3) is 2.90. The molecule has 0 heterocycles. The van der Waals surface area contributed by atoms with Crippen molar-refractivity contribution in [3.8, 4) is 16.9 Å². The molecule has 0 aromatic heterocycles. The highest BCUT2D eigenvalue weighted by atomic mass is 16.5. The van der Waals surface area contributed by atoms with Crippen LogP contribution >= 0.6 is 0 Å². The molecule has 18 heavy (non-hydrogen) atoms. The van der Waals surface area contributed by atoms with E-state index in [0.29, 0.717) is 6.61 Å². The molecule has 0 saturated heterocycles. The molecule has 0 aliphatic rings. The molecular formula is C16H19NO. The van der Waals surface area contributed by atoms with E-state index in [9.17, 15) is 0 Å². The number of nitrogens with two attached hydrogens (primary N) is 1. The van der Waals surface area contributed by atoms with Crippen LogP contribution in [-0.4, -0.2) is 6.61 Å². The summed E-state index contributed by atoms with van der Waals surface area (Å²) in [7, 11) is 0. The molecule has 0 aliphatic carbocycles. The molecule has 94 valence electrons. The highest BCUT2D eigenvalue weighted by Gasteiger charge is 2.03. The molecule has 1 atom stereocenters. The van der Waals surface area contributed by atoms with Crippen LogP contribution < -0.4 is 10.5 Å². The first kappa shape index (κ1) is 12.7. The van der Waals surface area contributed by atoms with E-state index in [-0.39, 0.29) is 6.04 Å². The zero-order chi connectivity index (χ0) is 13.0. The van der Waals surface area contributed by atoms with Gasteiger partial charge >= 0.3 is 0 Å². The molecule has 0 amide bonds. The van der Waals surface area contributed by atoms with Gasteiger partial charge in [-0.15, -0.1) is 0 Å². The molecule has 0 radical (unpaired) electrons. The maximum atomic E-state index is 5.91. The third-order valence-corrected chi connectivity index (χ3v) is 2.89. The quantitative estimate of drug-likeness (QED) is 0.884. The van der Waals surface area contributed by atoms with Crippen LogP contribution in [0.15, 0.2) is 48.5 Å². The van der Waals surface area contributed by atoms with E-state index in [1.165, 1.54) is 5.56 Å². The van der Waals surface area contributed by atoms with E-state index in [1.54, 1.807) is 0 Å². The van der Waals surface area contributed by atoms with E-state index in [2.05, 4.69) is 30.3 Å². The van der Waals surface area contributed by atoms with Gasteiger partial charge in [0.2, 0.25) is 0 Å². The van der Waals surface area contributed by atoms with E-state index < -0.39 is 0 Å². The Balaban J connectivity index is 2.35. The van der Waals surface area contributed by atoms with Gasteiger partial charge in [0.05, 0.1) is 6.61 Å². The largest absolute Gasteiger partial charge is 0.494 e. The first-order valence-electron chi connectivity index (χ1n) is 6.29. The Morgan fingerprint density at radius 1 is 1.06 bits per heavy atom. The van der Waals surface area contributed by atoms with Gasteiger partial charge in [0.15, 0.2) is 0 Å². The smallest absolute Gasteiger partial charge is 0.119 e. The maximum Gasteiger partial charge on any atom is 0.119 e. The van der Waals surface area contributed by atoms with Gasteiger partial charge in [0.1, 0.15) is 5.75 Å². The lowest BCUT2D eigenvalue weighted by Crippen LogP contribution is -2.04. The molecule has 0 spiro atoms. The second-order valence-corrected chi connectivity index (χ2v) is 4.37. The predicted molar refractivity (Wildman–Crippen MR) is 75.6 cm³/mol. The van der Waals surface area contributed by atoms with E-state index in [1.807, 2.05) is 32.0 Å². The van der Waals surface area contributed by atoms with Gasteiger partial charge in [-0.3, -0.25) is 0 Å². The molecule has 2 rings (SSSR count). The van der Waals surface area contributed by atoms with Crippen LogP contribution in [0.5, 0.6) is 5.75 Å². The van der Waals surface area contributed by atoms with Crippen molar-refractivity contribution < 1.29 is 4.74 Å². The summed E-state index contributed by atoms with van der Waals surface area (Å²) in [6.45, 7) is 4.67. The number of rotatable bonds is 4. The van der Waals surface area contributed by atoms with Crippen LogP contribution in [0, 0.1) is 0 Å². The average Bonchev–Trinajstić information content (AvgIpc) is 2.39. The van der Waals surface area contributed by atoms with Gasteiger partial charge in [0, 0.05) is 6.04 Å². The molecule has 2 nitrogen and oxygen atoms in total. The first-order chi connectivity index (χ1) is 8.70. The predicted octanol–water partition coefficient (Wildman–Crippen LogP) is 3.77. The Morgan fingerprint density at radius 2 is 1.72 bits per heavy atom. The van der Waals surface area contributed by atoms with E-state index in [0.717, 1.165) is 16.9 Å². The monoisotopic (exact) mass is 241 g/mol. The molecule has 2 heteroatoms. The van der Waals surface area contributed by atoms with Crippen molar-refractivity contribution in [3.63, 3.8) is 0 Å². The fourth-order valence-corrected chi connectivity index (χ4v) is 1.93. The summed E-state index contributed by atoms with van der Waals surface area (Å²) in [5.74, 6) is 0.904. The Hall–Kier alpha value is -1.80. The molecule has 0 unspecified atom stereocenters. The molecule has 0 bridgehead atoms. The standard InChI is InChI=1S/C16H19NO/c1-3-18-16-9-5-8-15(11-16)14-7-4-6-13(10-14)12(2)17/h4-12H,3,17H2,1-2H3/t12-/m0/s1. The maximum absolute atomic E-state index is 5.91. The third-order valence-electron chi connectivity index (χ3n) is 2.89. The van der Waals surface area contributed by atoms with E-state index >= 15 is 0 Å². The minimum Gasteiger partial charge on any atom is -0.494 e. The lowest BCUT2D eigenvalue weighted by Gasteiger charge is -2.10. The summed E-state index contributed by atoms with van der Waals surface area (Å²) >= 11 is 0. The Labute approximate surface area is 108 Å². The molecule has 0 saturated carbocycles. The normalized spacial score (nSPS) is 12.2. The fraction of sp³-hybridized carbons (Fsp3) is 0.250. The second-order valence-electron chi connectivity index (χ2n) is 4.37. The molecular weight excluding hydrogens is 222 g/mol. The van der Waals surface area contributed by atoms with Gasteiger partial charge in [0.25, 0.3) is 0 Å². The topological polar surface area (TPSA) is 35.2 Å². The Morgan fingerprint density at radius 3 is 2.39 bits per heavy atom. The molecule has 2 N–H and O–H groups in total. The minimum atomic E-state index is 0.0556. The van der Waals surface area contributed by atoms with Crippen LogP contribution in [0.2, 0.25) is 0 Å². The van der Waals surface area contributed by atoms with Gasteiger partial charge < -0.3 is 10.5 Å². The van der Waals surface area contributed by atoms with Gasteiger partial charge in [-0.1, -0.05) is 30.3 Å². The first-order valence-corrected chi connectivity index (χ1v) is 6.29. The van der Waals surface area contributed by atoms with Crippen molar-refractivity contribution in [2.24, 2.45) is 5.73 Å². The number of hydrogen-bond acceptors (Lipinski definition) is 2. The van der Waals surface area contributed by atoms with Crippen LogP contribution in [0.25, 0.3) is 11.1 Å². The lowest BCUT2D eigenvalue weighted by atomic mass is 10.0. The Kier molecular flexibility index (Phi) is 4.00. The Bertz CT molecular complexity index is 520. The summed E-state index contributed by atoms with van der Waals surface area (Å²) in [6, 6.07) is 16.5. The minimum absolute atomic E-state index is 0.0556. The van der Waals surface area contributed by atoms with Gasteiger partial charge in [-0.2, -0.15) is 0 Å². The summed E-state index contributed by atoms with van der Waals surface area (Å²) in [6.07, 6.45) is 0. The number of benzene rings is 2. The fourth-order valence-electron chi connectivity index (χ4n) is 1.93. The highest BCUT2D eigenvalue weighted by molar-refractivity contribution is 5.65. The van der Waals surface area contributed by atoms with Crippen molar-refractivity contribution in [2.75, 3.05) is 6.61 Å². The van der Waals surface area contributed by atoms with Crippen molar-refractivity contribution in [1.82, 2.24) is 0 Å². The summed E-state index contributed by atoms with van der Waals surface area (Å²) in [5, 5.41) is 0. The molecule has 0 fully saturated rings. The number of hydrogen-bond donors (Lipinski definition) is 1. The zero-order valence-corrected chi connectivity index (χ0v) is 10.9. The molecule has 2 aromatic rings. The van der Waals surface area contributed by atoms with Crippen molar-refractivity contribution in [1.29, 1.82) is 0 Å².